The molecular weight excluding hydrogens is 126 g/mol. The Morgan fingerprint density at radius 3 is 2.90 bits per heavy atom. The third-order valence-electron chi connectivity index (χ3n) is 2.22. The summed E-state index contributed by atoms with van der Waals surface area (Å²) in [5, 5.41) is 3.42. The van der Waals surface area contributed by atoms with Gasteiger partial charge >= 0.3 is 0 Å². The first-order chi connectivity index (χ1) is 4.88. The van der Waals surface area contributed by atoms with E-state index < -0.39 is 0 Å². The lowest BCUT2D eigenvalue weighted by atomic mass is 10.2. The Morgan fingerprint density at radius 2 is 2.30 bits per heavy atom. The van der Waals surface area contributed by atoms with E-state index >= 15 is 0 Å². The second-order valence-electron chi connectivity index (χ2n) is 2.87. The van der Waals surface area contributed by atoms with Gasteiger partial charge in [-0.3, -0.25) is 0 Å². The van der Waals surface area contributed by atoms with Crippen molar-refractivity contribution in [1.29, 1.82) is 0 Å². The molecule has 0 unspecified atom stereocenters. The van der Waals surface area contributed by atoms with Gasteiger partial charge in [-0.25, -0.2) is 0 Å². The number of methoxy groups -OCH3 is 1. The summed E-state index contributed by atoms with van der Waals surface area (Å²) in [5.41, 5.74) is 0. The monoisotopic (exact) mass is 143 g/mol. The van der Waals surface area contributed by atoms with E-state index in [2.05, 4.69) is 12.2 Å². The highest BCUT2D eigenvalue weighted by Gasteiger charge is 2.25. The van der Waals surface area contributed by atoms with Crippen molar-refractivity contribution in [2.24, 2.45) is 0 Å². The molecule has 2 heteroatoms. The van der Waals surface area contributed by atoms with E-state index in [0.29, 0.717) is 12.1 Å². The van der Waals surface area contributed by atoms with Crippen molar-refractivity contribution in [3.05, 3.63) is 0 Å². The highest BCUT2D eigenvalue weighted by Crippen LogP contribution is 2.20. The predicted octanol–water partition coefficient (Wildman–Crippen LogP) is 1.16. The molecule has 0 amide bonds. The third-order valence-corrected chi connectivity index (χ3v) is 2.22. The van der Waals surface area contributed by atoms with Gasteiger partial charge in [0.15, 0.2) is 0 Å². The Bertz CT molecular complexity index is 95.3. The Hall–Kier alpha value is -0.0800. The van der Waals surface area contributed by atoms with Gasteiger partial charge in [0.25, 0.3) is 0 Å². The first-order valence-electron chi connectivity index (χ1n) is 4.14. The summed E-state index contributed by atoms with van der Waals surface area (Å²) in [6.07, 6.45) is 4.30. The van der Waals surface area contributed by atoms with E-state index in [-0.39, 0.29) is 0 Å². The first-order valence-corrected chi connectivity index (χ1v) is 4.14. The lowest BCUT2D eigenvalue weighted by Gasteiger charge is -2.18. The predicted molar refractivity (Wildman–Crippen MR) is 42.1 cm³/mol. The third kappa shape index (κ3) is 1.70. The summed E-state index contributed by atoms with van der Waals surface area (Å²) in [5.74, 6) is 0. The van der Waals surface area contributed by atoms with Gasteiger partial charge in [0.1, 0.15) is 0 Å². The van der Waals surface area contributed by atoms with E-state index in [1.54, 1.807) is 7.11 Å². The molecule has 0 radical (unpaired) electrons. The van der Waals surface area contributed by atoms with Gasteiger partial charge in [-0.05, 0) is 25.8 Å². The largest absolute Gasteiger partial charge is 0.380 e. The molecule has 1 rings (SSSR count). The van der Waals surface area contributed by atoms with Crippen molar-refractivity contribution in [1.82, 2.24) is 5.32 Å². The topological polar surface area (TPSA) is 21.3 Å². The average Bonchev–Trinajstić information content (AvgIpc) is 2.36. The van der Waals surface area contributed by atoms with Crippen molar-refractivity contribution in [2.45, 2.75) is 38.3 Å². The minimum atomic E-state index is 0.472. The minimum Gasteiger partial charge on any atom is -0.380 e. The number of nitrogens with one attached hydrogen (secondary N) is 1. The number of hydrogen-bond donors (Lipinski definition) is 1. The fourth-order valence-electron chi connectivity index (χ4n) is 1.70. The molecule has 60 valence electrons. The molecule has 0 heterocycles. The van der Waals surface area contributed by atoms with Crippen LogP contribution in [0.1, 0.15) is 26.2 Å². The van der Waals surface area contributed by atoms with Gasteiger partial charge in [-0.15, -0.1) is 0 Å². The van der Waals surface area contributed by atoms with E-state index in [4.69, 9.17) is 4.74 Å². The van der Waals surface area contributed by atoms with Crippen molar-refractivity contribution in [3.63, 3.8) is 0 Å². The summed E-state index contributed by atoms with van der Waals surface area (Å²) < 4.78 is 5.31. The molecule has 1 N–H and O–H groups in total. The molecule has 1 aliphatic carbocycles. The zero-order chi connectivity index (χ0) is 7.40. The number of likely N-dealkylation sites (N-methyl/N-ethyl adjacent to an activating group) is 1. The molecule has 1 aliphatic rings. The first kappa shape index (κ1) is 8.02. The molecular formula is C8H17NO. The van der Waals surface area contributed by atoms with Crippen LogP contribution in [0.25, 0.3) is 0 Å². The fourth-order valence-corrected chi connectivity index (χ4v) is 1.70. The Kier molecular flexibility index (Phi) is 3.16. The molecule has 0 aliphatic heterocycles. The van der Waals surface area contributed by atoms with Crippen LogP contribution in [0.4, 0.5) is 0 Å². The molecule has 2 nitrogen and oxygen atoms in total. The maximum Gasteiger partial charge on any atom is 0.0724 e. The van der Waals surface area contributed by atoms with E-state index in [1.807, 2.05) is 0 Å². The summed E-state index contributed by atoms with van der Waals surface area (Å²) in [7, 11) is 1.81. The molecule has 10 heavy (non-hydrogen) atoms. The number of hydrogen-bond acceptors (Lipinski definition) is 2. The highest BCUT2D eigenvalue weighted by molar-refractivity contribution is 4.83. The zero-order valence-corrected chi connectivity index (χ0v) is 6.89. The van der Waals surface area contributed by atoms with Crippen LogP contribution in [0.2, 0.25) is 0 Å². The standard InChI is InChI=1S/C8H17NO/c1-3-9-7-5-4-6-8(7)10-2/h7-9H,3-6H2,1-2H3/t7-,8+/m1/s1. The average molecular weight is 143 g/mol. The second-order valence-corrected chi connectivity index (χ2v) is 2.87. The van der Waals surface area contributed by atoms with Crippen molar-refractivity contribution < 1.29 is 4.74 Å². The van der Waals surface area contributed by atoms with Gasteiger partial charge in [-0.1, -0.05) is 6.92 Å². The summed E-state index contributed by atoms with van der Waals surface area (Å²) in [6, 6.07) is 0.620. The lowest BCUT2D eigenvalue weighted by molar-refractivity contribution is 0.0858. The van der Waals surface area contributed by atoms with Gasteiger partial charge in [0, 0.05) is 13.2 Å². The summed E-state index contributed by atoms with van der Waals surface area (Å²) in [4.78, 5) is 0. The molecule has 0 aromatic heterocycles. The van der Waals surface area contributed by atoms with Gasteiger partial charge < -0.3 is 10.1 Å². The Balaban J connectivity index is 2.27. The zero-order valence-electron chi connectivity index (χ0n) is 6.89. The molecule has 0 aromatic rings. The van der Waals surface area contributed by atoms with E-state index in [0.717, 1.165) is 6.54 Å². The van der Waals surface area contributed by atoms with Gasteiger partial charge in [0.2, 0.25) is 0 Å². The highest BCUT2D eigenvalue weighted by atomic mass is 16.5. The van der Waals surface area contributed by atoms with Crippen LogP contribution in [-0.4, -0.2) is 25.8 Å². The van der Waals surface area contributed by atoms with Crippen LogP contribution < -0.4 is 5.32 Å². The van der Waals surface area contributed by atoms with Crippen LogP contribution in [0.15, 0.2) is 0 Å². The molecule has 0 aromatic carbocycles. The molecule has 2 atom stereocenters. The van der Waals surface area contributed by atoms with Crippen molar-refractivity contribution in [2.75, 3.05) is 13.7 Å². The maximum atomic E-state index is 5.31. The lowest BCUT2D eigenvalue weighted by Crippen LogP contribution is -2.36. The number of ether oxygens (including phenoxy) is 1. The molecule has 1 saturated carbocycles. The van der Waals surface area contributed by atoms with Crippen molar-refractivity contribution in [3.8, 4) is 0 Å². The molecule has 1 fully saturated rings. The SMILES string of the molecule is CCN[C@@H]1CCC[C@@H]1OC. The van der Waals surface area contributed by atoms with Crippen molar-refractivity contribution >= 4 is 0 Å². The minimum absolute atomic E-state index is 0.472. The smallest absolute Gasteiger partial charge is 0.0724 e. The van der Waals surface area contributed by atoms with Gasteiger partial charge in [-0.2, -0.15) is 0 Å². The van der Waals surface area contributed by atoms with Crippen LogP contribution in [-0.2, 0) is 4.74 Å². The Labute approximate surface area is 63.0 Å². The molecule has 0 bridgehead atoms. The fraction of sp³-hybridized carbons (Fsp3) is 1.00. The summed E-state index contributed by atoms with van der Waals surface area (Å²) >= 11 is 0. The summed E-state index contributed by atoms with van der Waals surface area (Å²) in [6.45, 7) is 3.20. The maximum absolute atomic E-state index is 5.31. The normalized spacial score (nSPS) is 33.0. The molecule has 0 saturated heterocycles. The second kappa shape index (κ2) is 3.94. The van der Waals surface area contributed by atoms with Crippen LogP contribution in [0.5, 0.6) is 0 Å². The van der Waals surface area contributed by atoms with E-state index in [1.165, 1.54) is 19.3 Å². The van der Waals surface area contributed by atoms with Crippen LogP contribution in [0.3, 0.4) is 0 Å². The van der Waals surface area contributed by atoms with E-state index in [9.17, 15) is 0 Å². The quantitative estimate of drug-likeness (QED) is 0.640. The van der Waals surface area contributed by atoms with Crippen LogP contribution >= 0.6 is 0 Å². The number of rotatable bonds is 3. The van der Waals surface area contributed by atoms with Crippen LogP contribution in [0, 0.1) is 0 Å². The molecule has 0 spiro atoms. The van der Waals surface area contributed by atoms with Gasteiger partial charge in [0.05, 0.1) is 6.10 Å². The Morgan fingerprint density at radius 1 is 1.50 bits per heavy atom.